The van der Waals surface area contributed by atoms with E-state index in [1.807, 2.05) is 20.8 Å². The van der Waals surface area contributed by atoms with Crippen LogP contribution >= 0.6 is 0 Å². The first-order chi connectivity index (χ1) is 7.34. The maximum Gasteiger partial charge on any atom is 0.229 e. The molecule has 0 saturated heterocycles. The summed E-state index contributed by atoms with van der Waals surface area (Å²) >= 11 is 0. The molecular weight excluding hydrogens is 204 g/mol. The van der Waals surface area contributed by atoms with Crippen LogP contribution < -0.4 is 15.8 Å². The zero-order valence-electron chi connectivity index (χ0n) is 10.1. The topological polar surface area (TPSA) is 64.3 Å². The van der Waals surface area contributed by atoms with Gasteiger partial charge in [0, 0.05) is 11.1 Å². The van der Waals surface area contributed by atoms with E-state index in [1.54, 1.807) is 25.3 Å². The summed E-state index contributed by atoms with van der Waals surface area (Å²) < 4.78 is 5.03. The van der Waals surface area contributed by atoms with E-state index >= 15 is 0 Å². The third-order valence-electron chi connectivity index (χ3n) is 2.17. The van der Waals surface area contributed by atoms with E-state index in [2.05, 4.69) is 5.32 Å². The van der Waals surface area contributed by atoms with E-state index in [1.165, 1.54) is 0 Å². The largest absolute Gasteiger partial charge is 0.495 e. The number of anilines is 2. The van der Waals surface area contributed by atoms with E-state index in [9.17, 15) is 4.79 Å². The van der Waals surface area contributed by atoms with Gasteiger partial charge in [-0.3, -0.25) is 4.79 Å². The molecule has 0 aliphatic heterocycles. The van der Waals surface area contributed by atoms with Gasteiger partial charge >= 0.3 is 0 Å². The number of methoxy groups -OCH3 is 1. The molecule has 3 N–H and O–H groups in total. The van der Waals surface area contributed by atoms with Gasteiger partial charge in [0.15, 0.2) is 0 Å². The average Bonchev–Trinajstić information content (AvgIpc) is 2.16. The second-order valence-corrected chi connectivity index (χ2v) is 4.66. The molecule has 0 aliphatic rings. The predicted octanol–water partition coefficient (Wildman–Crippen LogP) is 2.26. The monoisotopic (exact) mass is 222 g/mol. The third kappa shape index (κ3) is 2.89. The number of nitrogens with two attached hydrogens (primary N) is 1. The Morgan fingerprint density at radius 3 is 2.44 bits per heavy atom. The SMILES string of the molecule is COc1ccc(NC(=O)C(C)(C)C)cc1N. The van der Waals surface area contributed by atoms with Gasteiger partial charge in [0.05, 0.1) is 12.8 Å². The fourth-order valence-corrected chi connectivity index (χ4v) is 1.13. The molecule has 0 aliphatic carbocycles. The van der Waals surface area contributed by atoms with Crippen LogP contribution in [0.2, 0.25) is 0 Å². The number of hydrogen-bond acceptors (Lipinski definition) is 3. The molecule has 4 nitrogen and oxygen atoms in total. The number of carbonyl (C=O) groups is 1. The molecule has 0 spiro atoms. The summed E-state index contributed by atoms with van der Waals surface area (Å²) in [6.45, 7) is 5.57. The second-order valence-electron chi connectivity index (χ2n) is 4.66. The lowest BCUT2D eigenvalue weighted by atomic mass is 9.95. The predicted molar refractivity (Wildman–Crippen MR) is 65.5 cm³/mol. The Balaban J connectivity index is 2.84. The minimum Gasteiger partial charge on any atom is -0.495 e. The van der Waals surface area contributed by atoms with Crippen LogP contribution in [0.4, 0.5) is 11.4 Å². The highest BCUT2D eigenvalue weighted by molar-refractivity contribution is 5.95. The average molecular weight is 222 g/mol. The molecule has 0 fully saturated rings. The summed E-state index contributed by atoms with van der Waals surface area (Å²) in [6.07, 6.45) is 0. The lowest BCUT2D eigenvalue weighted by Crippen LogP contribution is -2.27. The van der Waals surface area contributed by atoms with Gasteiger partial charge in [0.1, 0.15) is 5.75 Å². The smallest absolute Gasteiger partial charge is 0.229 e. The zero-order valence-corrected chi connectivity index (χ0v) is 10.1. The normalized spacial score (nSPS) is 11.0. The standard InChI is InChI=1S/C12H18N2O2/c1-12(2,3)11(15)14-8-5-6-10(16-4)9(13)7-8/h5-7H,13H2,1-4H3,(H,14,15). The van der Waals surface area contributed by atoms with Crippen molar-refractivity contribution < 1.29 is 9.53 Å². The summed E-state index contributed by atoms with van der Waals surface area (Å²) in [7, 11) is 1.55. The highest BCUT2D eigenvalue weighted by Gasteiger charge is 2.21. The van der Waals surface area contributed by atoms with Crippen LogP contribution in [-0.4, -0.2) is 13.0 Å². The number of ether oxygens (including phenoxy) is 1. The fraction of sp³-hybridized carbons (Fsp3) is 0.417. The molecule has 0 atom stereocenters. The van der Waals surface area contributed by atoms with Crippen LogP contribution in [-0.2, 0) is 4.79 Å². The quantitative estimate of drug-likeness (QED) is 0.754. The lowest BCUT2D eigenvalue weighted by molar-refractivity contribution is -0.123. The molecule has 0 radical (unpaired) electrons. The molecule has 1 aromatic carbocycles. The second kappa shape index (κ2) is 4.43. The van der Waals surface area contributed by atoms with Crippen LogP contribution in [0.5, 0.6) is 5.75 Å². The molecule has 0 saturated carbocycles. The van der Waals surface area contributed by atoms with Gasteiger partial charge in [0.2, 0.25) is 5.91 Å². The number of nitrogen functional groups attached to an aromatic ring is 1. The Labute approximate surface area is 95.8 Å². The third-order valence-corrected chi connectivity index (χ3v) is 2.17. The van der Waals surface area contributed by atoms with E-state index in [4.69, 9.17) is 10.5 Å². The van der Waals surface area contributed by atoms with E-state index in [0.717, 1.165) is 0 Å². The summed E-state index contributed by atoms with van der Waals surface area (Å²) in [6, 6.07) is 5.18. The molecule has 0 heterocycles. The molecule has 0 unspecified atom stereocenters. The maximum absolute atomic E-state index is 11.7. The Bertz CT molecular complexity index is 394. The van der Waals surface area contributed by atoms with E-state index in [0.29, 0.717) is 17.1 Å². The highest BCUT2D eigenvalue weighted by Crippen LogP contribution is 2.25. The minimum atomic E-state index is -0.422. The highest BCUT2D eigenvalue weighted by atomic mass is 16.5. The number of rotatable bonds is 2. The van der Waals surface area contributed by atoms with Gasteiger partial charge < -0.3 is 15.8 Å². The van der Waals surface area contributed by atoms with Crippen LogP contribution in [0.1, 0.15) is 20.8 Å². The summed E-state index contributed by atoms with van der Waals surface area (Å²) in [5.41, 5.74) is 6.51. The molecule has 1 aromatic rings. The number of carbonyl (C=O) groups excluding carboxylic acids is 1. The minimum absolute atomic E-state index is 0.0444. The molecule has 0 aromatic heterocycles. The van der Waals surface area contributed by atoms with Gasteiger partial charge in [-0.05, 0) is 18.2 Å². The number of hydrogen-bond donors (Lipinski definition) is 2. The van der Waals surface area contributed by atoms with Crippen molar-refractivity contribution in [2.75, 3.05) is 18.2 Å². The summed E-state index contributed by atoms with van der Waals surface area (Å²) in [4.78, 5) is 11.7. The zero-order chi connectivity index (χ0) is 12.3. The van der Waals surface area contributed by atoms with Crippen molar-refractivity contribution in [3.8, 4) is 5.75 Å². The Kier molecular flexibility index (Phi) is 3.42. The lowest BCUT2D eigenvalue weighted by Gasteiger charge is -2.18. The van der Waals surface area contributed by atoms with Crippen molar-refractivity contribution in [2.45, 2.75) is 20.8 Å². The van der Waals surface area contributed by atoms with Crippen molar-refractivity contribution in [1.29, 1.82) is 0 Å². The van der Waals surface area contributed by atoms with Crippen molar-refractivity contribution in [1.82, 2.24) is 0 Å². The summed E-state index contributed by atoms with van der Waals surface area (Å²) in [5.74, 6) is 0.561. The van der Waals surface area contributed by atoms with Crippen molar-refractivity contribution in [3.63, 3.8) is 0 Å². The van der Waals surface area contributed by atoms with Gasteiger partial charge in [-0.25, -0.2) is 0 Å². The van der Waals surface area contributed by atoms with Crippen molar-refractivity contribution >= 4 is 17.3 Å². The van der Waals surface area contributed by atoms with Gasteiger partial charge in [-0.15, -0.1) is 0 Å². The van der Waals surface area contributed by atoms with E-state index in [-0.39, 0.29) is 5.91 Å². The Hall–Kier alpha value is -1.71. The summed E-state index contributed by atoms with van der Waals surface area (Å²) in [5, 5.41) is 2.80. The molecule has 16 heavy (non-hydrogen) atoms. The number of nitrogens with one attached hydrogen (secondary N) is 1. The molecule has 0 bridgehead atoms. The van der Waals surface area contributed by atoms with Gasteiger partial charge in [-0.2, -0.15) is 0 Å². The van der Waals surface area contributed by atoms with E-state index < -0.39 is 5.41 Å². The van der Waals surface area contributed by atoms with Crippen molar-refractivity contribution in [3.05, 3.63) is 18.2 Å². The van der Waals surface area contributed by atoms with Crippen LogP contribution in [0, 0.1) is 5.41 Å². The first-order valence-electron chi connectivity index (χ1n) is 5.09. The van der Waals surface area contributed by atoms with Crippen LogP contribution in [0.15, 0.2) is 18.2 Å². The Morgan fingerprint density at radius 1 is 1.38 bits per heavy atom. The number of benzene rings is 1. The molecule has 4 heteroatoms. The molecule has 1 amide bonds. The van der Waals surface area contributed by atoms with Crippen LogP contribution in [0.3, 0.4) is 0 Å². The van der Waals surface area contributed by atoms with Crippen LogP contribution in [0.25, 0.3) is 0 Å². The molecular formula is C12H18N2O2. The first-order valence-corrected chi connectivity index (χ1v) is 5.09. The maximum atomic E-state index is 11.7. The molecule has 88 valence electrons. The Morgan fingerprint density at radius 2 is 2.00 bits per heavy atom. The first kappa shape index (κ1) is 12.4. The fourth-order valence-electron chi connectivity index (χ4n) is 1.13. The molecule has 1 rings (SSSR count). The number of amides is 1. The van der Waals surface area contributed by atoms with Crippen molar-refractivity contribution in [2.24, 2.45) is 5.41 Å². The van der Waals surface area contributed by atoms with Gasteiger partial charge in [0.25, 0.3) is 0 Å². The van der Waals surface area contributed by atoms with Gasteiger partial charge in [-0.1, -0.05) is 20.8 Å².